The molecule has 1 aliphatic carbocycles. The normalized spacial score (nSPS) is 21.1. The van der Waals surface area contributed by atoms with E-state index >= 15 is 0 Å². The highest BCUT2D eigenvalue weighted by atomic mass is 16.2. The molecule has 1 saturated carbocycles. The first-order valence-electron chi connectivity index (χ1n) is 9.39. The Morgan fingerprint density at radius 3 is 2.67 bits per heavy atom. The zero-order valence-electron chi connectivity index (χ0n) is 14.8. The van der Waals surface area contributed by atoms with Crippen molar-refractivity contribution in [3.05, 3.63) is 30.1 Å². The molecule has 1 N–H and O–H groups in total. The van der Waals surface area contributed by atoms with E-state index in [1.54, 1.807) is 0 Å². The summed E-state index contributed by atoms with van der Waals surface area (Å²) in [6.45, 7) is 7.92. The van der Waals surface area contributed by atoms with Crippen LogP contribution in [-0.4, -0.2) is 60.0 Å². The van der Waals surface area contributed by atoms with Crippen molar-refractivity contribution in [2.45, 2.75) is 38.6 Å². The van der Waals surface area contributed by atoms with Gasteiger partial charge in [0.05, 0.1) is 5.69 Å². The monoisotopic (exact) mass is 330 g/mol. The molecule has 2 fully saturated rings. The van der Waals surface area contributed by atoms with E-state index in [1.165, 1.54) is 12.8 Å². The molecule has 24 heavy (non-hydrogen) atoms. The fourth-order valence-electron chi connectivity index (χ4n) is 3.80. The van der Waals surface area contributed by atoms with Crippen LogP contribution in [0.4, 0.5) is 0 Å². The van der Waals surface area contributed by atoms with Crippen molar-refractivity contribution < 1.29 is 4.79 Å². The Morgan fingerprint density at radius 2 is 2.00 bits per heavy atom. The zero-order valence-corrected chi connectivity index (χ0v) is 14.8. The van der Waals surface area contributed by atoms with Gasteiger partial charge in [0, 0.05) is 57.4 Å². The number of hydrogen-bond acceptors (Lipinski definition) is 4. The molecule has 1 saturated heterocycles. The van der Waals surface area contributed by atoms with Gasteiger partial charge in [0.2, 0.25) is 5.91 Å². The zero-order chi connectivity index (χ0) is 16.8. The van der Waals surface area contributed by atoms with Gasteiger partial charge in [-0.05, 0) is 31.9 Å². The Bertz CT molecular complexity index is 507. The second-order valence-corrected chi connectivity index (χ2v) is 7.08. The first-order valence-corrected chi connectivity index (χ1v) is 9.39. The summed E-state index contributed by atoms with van der Waals surface area (Å²) in [5, 5.41) is 3.54. The molecule has 2 heterocycles. The molecule has 1 amide bonds. The van der Waals surface area contributed by atoms with Crippen LogP contribution in [0.1, 0.15) is 44.3 Å². The molecule has 132 valence electrons. The molecular weight excluding hydrogens is 300 g/mol. The highest BCUT2D eigenvalue weighted by molar-refractivity contribution is 5.79. The third-order valence-electron chi connectivity index (χ3n) is 5.40. The molecule has 2 aliphatic rings. The molecular formula is C19H30N4O. The highest BCUT2D eigenvalue weighted by Crippen LogP contribution is 2.26. The molecule has 1 unspecified atom stereocenters. The third-order valence-corrected chi connectivity index (χ3v) is 5.40. The van der Waals surface area contributed by atoms with Crippen LogP contribution in [0.15, 0.2) is 24.4 Å². The predicted molar refractivity (Wildman–Crippen MR) is 95.6 cm³/mol. The number of nitrogens with one attached hydrogen (secondary N) is 1. The topological polar surface area (TPSA) is 48.5 Å². The summed E-state index contributed by atoms with van der Waals surface area (Å²) in [6.07, 6.45) is 6.52. The van der Waals surface area contributed by atoms with E-state index in [0.29, 0.717) is 11.8 Å². The first kappa shape index (κ1) is 17.4. The van der Waals surface area contributed by atoms with Crippen LogP contribution >= 0.6 is 0 Å². The van der Waals surface area contributed by atoms with Gasteiger partial charge in [-0.15, -0.1) is 0 Å². The van der Waals surface area contributed by atoms with Crippen molar-refractivity contribution in [1.29, 1.82) is 0 Å². The largest absolute Gasteiger partial charge is 0.340 e. The minimum Gasteiger partial charge on any atom is -0.340 e. The molecule has 1 atom stereocenters. The number of pyridine rings is 1. The van der Waals surface area contributed by atoms with Gasteiger partial charge in [-0.3, -0.25) is 14.7 Å². The number of amides is 1. The van der Waals surface area contributed by atoms with Gasteiger partial charge >= 0.3 is 0 Å². The Hall–Kier alpha value is -1.46. The van der Waals surface area contributed by atoms with E-state index in [2.05, 4.69) is 33.1 Å². The number of nitrogens with zero attached hydrogens (tertiary/aromatic N) is 3. The van der Waals surface area contributed by atoms with E-state index in [9.17, 15) is 4.79 Å². The predicted octanol–water partition coefficient (Wildman–Crippen LogP) is 2.07. The molecule has 1 aromatic rings. The Balaban J connectivity index is 1.34. The average molecular weight is 330 g/mol. The van der Waals surface area contributed by atoms with Gasteiger partial charge in [-0.1, -0.05) is 18.9 Å². The van der Waals surface area contributed by atoms with Crippen molar-refractivity contribution in [2.75, 3.05) is 39.3 Å². The van der Waals surface area contributed by atoms with Crippen molar-refractivity contribution in [3.63, 3.8) is 0 Å². The maximum atomic E-state index is 12.5. The summed E-state index contributed by atoms with van der Waals surface area (Å²) in [6, 6.07) is 6.31. The molecule has 0 radical (unpaired) electrons. The molecule has 1 aromatic heterocycles. The highest BCUT2D eigenvalue weighted by Gasteiger charge is 2.29. The smallest absolute Gasteiger partial charge is 0.225 e. The number of hydrogen-bond donors (Lipinski definition) is 1. The molecule has 0 spiro atoms. The SMILES string of the molecule is CC(NCCN1CCN(C(=O)C2CCCC2)CC1)c1ccccn1. The minimum atomic E-state index is 0.274. The van der Waals surface area contributed by atoms with Gasteiger partial charge in [-0.25, -0.2) is 0 Å². The van der Waals surface area contributed by atoms with E-state index in [-0.39, 0.29) is 6.04 Å². The standard InChI is InChI=1S/C19H30N4O/c1-16(18-8-4-5-9-21-18)20-10-11-22-12-14-23(15-13-22)19(24)17-6-2-3-7-17/h4-5,8-9,16-17,20H,2-3,6-7,10-15H2,1H3. The van der Waals surface area contributed by atoms with Gasteiger partial charge < -0.3 is 10.2 Å². The molecule has 0 bridgehead atoms. The quantitative estimate of drug-likeness (QED) is 0.867. The summed E-state index contributed by atoms with van der Waals surface area (Å²) in [5.74, 6) is 0.728. The summed E-state index contributed by atoms with van der Waals surface area (Å²) in [7, 11) is 0. The summed E-state index contributed by atoms with van der Waals surface area (Å²) < 4.78 is 0. The van der Waals surface area contributed by atoms with Gasteiger partial charge in [0.1, 0.15) is 0 Å². The van der Waals surface area contributed by atoms with Crippen LogP contribution in [-0.2, 0) is 4.79 Å². The van der Waals surface area contributed by atoms with Crippen LogP contribution in [0.25, 0.3) is 0 Å². The molecule has 5 heteroatoms. The summed E-state index contributed by atoms with van der Waals surface area (Å²) in [5.41, 5.74) is 1.09. The number of carbonyl (C=O) groups excluding carboxylic acids is 1. The van der Waals surface area contributed by atoms with E-state index < -0.39 is 0 Å². The van der Waals surface area contributed by atoms with Crippen LogP contribution in [0, 0.1) is 5.92 Å². The second kappa shape index (κ2) is 8.58. The summed E-state index contributed by atoms with van der Waals surface area (Å²) in [4.78, 5) is 21.4. The van der Waals surface area contributed by atoms with Crippen molar-refractivity contribution >= 4 is 5.91 Å². The number of carbonyl (C=O) groups is 1. The second-order valence-electron chi connectivity index (χ2n) is 7.08. The number of aromatic nitrogens is 1. The van der Waals surface area contributed by atoms with Gasteiger partial charge in [-0.2, -0.15) is 0 Å². The van der Waals surface area contributed by atoms with Crippen LogP contribution in [0.5, 0.6) is 0 Å². The lowest BCUT2D eigenvalue weighted by Crippen LogP contribution is -2.51. The Kier molecular flexibility index (Phi) is 6.21. The van der Waals surface area contributed by atoms with Crippen molar-refractivity contribution in [3.8, 4) is 0 Å². The molecule has 1 aliphatic heterocycles. The number of piperazine rings is 1. The van der Waals surface area contributed by atoms with E-state index in [0.717, 1.165) is 57.8 Å². The Morgan fingerprint density at radius 1 is 1.25 bits per heavy atom. The lowest BCUT2D eigenvalue weighted by atomic mass is 10.1. The molecule has 5 nitrogen and oxygen atoms in total. The lowest BCUT2D eigenvalue weighted by molar-refractivity contribution is -0.137. The maximum absolute atomic E-state index is 12.5. The van der Waals surface area contributed by atoms with Crippen LogP contribution < -0.4 is 5.32 Å². The van der Waals surface area contributed by atoms with Crippen molar-refractivity contribution in [2.24, 2.45) is 5.92 Å². The minimum absolute atomic E-state index is 0.274. The van der Waals surface area contributed by atoms with Gasteiger partial charge in [0.15, 0.2) is 0 Å². The summed E-state index contributed by atoms with van der Waals surface area (Å²) >= 11 is 0. The van der Waals surface area contributed by atoms with E-state index in [4.69, 9.17) is 0 Å². The van der Waals surface area contributed by atoms with Crippen molar-refractivity contribution in [1.82, 2.24) is 20.1 Å². The van der Waals surface area contributed by atoms with Crippen LogP contribution in [0.3, 0.4) is 0 Å². The maximum Gasteiger partial charge on any atom is 0.225 e. The fourth-order valence-corrected chi connectivity index (χ4v) is 3.80. The lowest BCUT2D eigenvalue weighted by Gasteiger charge is -2.36. The van der Waals surface area contributed by atoms with Gasteiger partial charge in [0.25, 0.3) is 0 Å². The fraction of sp³-hybridized carbons (Fsp3) is 0.684. The third kappa shape index (κ3) is 4.54. The average Bonchev–Trinajstić information content (AvgIpc) is 3.17. The number of rotatable bonds is 6. The molecule has 3 rings (SSSR count). The first-order chi connectivity index (χ1) is 11.7. The Labute approximate surface area is 145 Å². The molecule has 0 aromatic carbocycles. The van der Waals surface area contributed by atoms with E-state index in [1.807, 2.05) is 18.3 Å². The van der Waals surface area contributed by atoms with Crippen LogP contribution in [0.2, 0.25) is 0 Å².